The van der Waals surface area contributed by atoms with Gasteiger partial charge in [0.05, 0.1) is 12.0 Å². The van der Waals surface area contributed by atoms with E-state index in [2.05, 4.69) is 12.7 Å². The van der Waals surface area contributed by atoms with Crippen molar-refractivity contribution in [1.82, 2.24) is 0 Å². The molecule has 27 heavy (non-hydrogen) atoms. The molecular formula is C22H30O5. The van der Waals surface area contributed by atoms with Gasteiger partial charge in [-0.3, -0.25) is 4.79 Å². The van der Waals surface area contributed by atoms with E-state index in [1.165, 1.54) is 6.92 Å². The van der Waals surface area contributed by atoms with E-state index in [0.717, 1.165) is 29.6 Å². The van der Waals surface area contributed by atoms with Crippen molar-refractivity contribution in [2.24, 2.45) is 5.92 Å². The Morgan fingerprint density at radius 2 is 1.89 bits per heavy atom. The molecule has 0 bridgehead atoms. The minimum atomic E-state index is -0.738. The van der Waals surface area contributed by atoms with Crippen LogP contribution in [0.2, 0.25) is 0 Å². The molecular weight excluding hydrogens is 344 g/mol. The first-order valence-corrected chi connectivity index (χ1v) is 9.42. The summed E-state index contributed by atoms with van der Waals surface area (Å²) in [4.78, 5) is 23.5. The van der Waals surface area contributed by atoms with E-state index in [9.17, 15) is 14.7 Å². The van der Waals surface area contributed by atoms with Gasteiger partial charge in [0.2, 0.25) is 0 Å². The van der Waals surface area contributed by atoms with Crippen LogP contribution in [0.4, 0.5) is 0 Å². The van der Waals surface area contributed by atoms with Crippen LogP contribution in [-0.2, 0) is 19.1 Å². The summed E-state index contributed by atoms with van der Waals surface area (Å²) in [5.41, 5.74) is 3.45. The third-order valence-electron chi connectivity index (χ3n) is 5.00. The molecule has 0 saturated carbocycles. The molecule has 1 fully saturated rings. The summed E-state index contributed by atoms with van der Waals surface area (Å²) in [7, 11) is 0. The van der Waals surface area contributed by atoms with E-state index < -0.39 is 24.1 Å². The number of hydrogen-bond acceptors (Lipinski definition) is 5. The van der Waals surface area contributed by atoms with Gasteiger partial charge in [-0.1, -0.05) is 29.4 Å². The molecule has 0 amide bonds. The predicted molar refractivity (Wildman–Crippen MR) is 104 cm³/mol. The zero-order valence-electron chi connectivity index (χ0n) is 16.7. The number of carbonyl (C=O) groups is 2. The van der Waals surface area contributed by atoms with E-state index in [4.69, 9.17) is 9.47 Å². The zero-order valence-corrected chi connectivity index (χ0v) is 16.7. The van der Waals surface area contributed by atoms with E-state index in [1.54, 1.807) is 0 Å². The number of ether oxygens (including phenoxy) is 2. The molecule has 5 heteroatoms. The zero-order chi connectivity index (χ0) is 20.1. The quantitative estimate of drug-likeness (QED) is 0.429. The molecule has 5 nitrogen and oxygen atoms in total. The fraction of sp³-hybridized carbons (Fsp3) is 0.545. The molecule has 0 aromatic rings. The van der Waals surface area contributed by atoms with E-state index in [-0.39, 0.29) is 12.1 Å². The van der Waals surface area contributed by atoms with Crippen molar-refractivity contribution in [3.63, 3.8) is 0 Å². The van der Waals surface area contributed by atoms with Crippen LogP contribution in [0.3, 0.4) is 0 Å². The van der Waals surface area contributed by atoms with Crippen molar-refractivity contribution in [1.29, 1.82) is 0 Å². The molecule has 0 radical (unpaired) electrons. The Morgan fingerprint density at radius 1 is 1.19 bits per heavy atom. The molecule has 2 aliphatic rings. The SMILES string of the molecule is C=C1C(=O)O[C@H]2/C=C(\C)C[C@H](OC(C)=O)/C=C(\C)CC/C=C(\C)C[C@H](O)[C@H]12. The average molecular weight is 374 g/mol. The van der Waals surface area contributed by atoms with Crippen molar-refractivity contribution in [2.75, 3.05) is 0 Å². The van der Waals surface area contributed by atoms with Gasteiger partial charge in [0.15, 0.2) is 0 Å². The lowest BCUT2D eigenvalue weighted by Gasteiger charge is -2.23. The molecule has 1 heterocycles. The summed E-state index contributed by atoms with van der Waals surface area (Å²) >= 11 is 0. The van der Waals surface area contributed by atoms with Gasteiger partial charge in [0, 0.05) is 18.9 Å². The Labute approximate surface area is 161 Å². The normalized spacial score (nSPS) is 36.1. The number of carbonyl (C=O) groups excluding carboxylic acids is 2. The number of aliphatic hydroxyl groups is 1. The largest absolute Gasteiger partial charge is 0.458 e. The molecule has 0 spiro atoms. The summed E-state index contributed by atoms with van der Waals surface area (Å²) in [6, 6.07) is 0. The van der Waals surface area contributed by atoms with E-state index >= 15 is 0 Å². The molecule has 2 rings (SSSR count). The van der Waals surface area contributed by atoms with Gasteiger partial charge >= 0.3 is 11.9 Å². The molecule has 1 aliphatic carbocycles. The smallest absolute Gasteiger partial charge is 0.334 e. The van der Waals surface area contributed by atoms with Crippen LogP contribution >= 0.6 is 0 Å². The summed E-state index contributed by atoms with van der Waals surface area (Å²) in [5, 5.41) is 10.7. The molecule has 1 aliphatic heterocycles. The van der Waals surface area contributed by atoms with Crippen molar-refractivity contribution in [3.8, 4) is 0 Å². The Kier molecular flexibility index (Phi) is 7.19. The predicted octanol–water partition coefficient (Wildman–Crippen LogP) is 3.79. The topological polar surface area (TPSA) is 72.8 Å². The van der Waals surface area contributed by atoms with Crippen LogP contribution in [0.5, 0.6) is 0 Å². The second kappa shape index (κ2) is 9.18. The first-order chi connectivity index (χ1) is 12.7. The van der Waals surface area contributed by atoms with Crippen molar-refractivity contribution in [2.45, 2.75) is 71.7 Å². The summed E-state index contributed by atoms with van der Waals surface area (Å²) < 4.78 is 10.9. The first-order valence-electron chi connectivity index (χ1n) is 9.42. The van der Waals surface area contributed by atoms with Crippen molar-refractivity contribution < 1.29 is 24.2 Å². The molecule has 1 saturated heterocycles. The Morgan fingerprint density at radius 3 is 2.56 bits per heavy atom. The van der Waals surface area contributed by atoms with Crippen LogP contribution in [0.15, 0.2) is 47.1 Å². The fourth-order valence-corrected chi connectivity index (χ4v) is 3.70. The Balaban J connectivity index is 2.37. The third kappa shape index (κ3) is 5.93. The highest BCUT2D eigenvalue weighted by Gasteiger charge is 2.41. The third-order valence-corrected chi connectivity index (χ3v) is 5.00. The number of rotatable bonds is 1. The lowest BCUT2D eigenvalue weighted by Crippen LogP contribution is -2.28. The molecule has 148 valence electrons. The van der Waals surface area contributed by atoms with Gasteiger partial charge in [0.25, 0.3) is 0 Å². The molecule has 0 unspecified atom stereocenters. The second-order valence-electron chi connectivity index (χ2n) is 7.66. The fourth-order valence-electron chi connectivity index (χ4n) is 3.70. The average Bonchev–Trinajstić information content (AvgIpc) is 2.79. The van der Waals surface area contributed by atoms with Crippen LogP contribution in [0, 0.1) is 5.92 Å². The maximum Gasteiger partial charge on any atom is 0.334 e. The maximum atomic E-state index is 12.0. The highest BCUT2D eigenvalue weighted by atomic mass is 16.6. The van der Waals surface area contributed by atoms with Crippen molar-refractivity contribution >= 4 is 11.9 Å². The minimum absolute atomic E-state index is 0.309. The highest BCUT2D eigenvalue weighted by molar-refractivity contribution is 5.91. The van der Waals surface area contributed by atoms with Gasteiger partial charge in [0.1, 0.15) is 12.2 Å². The second-order valence-corrected chi connectivity index (χ2v) is 7.66. The van der Waals surface area contributed by atoms with Gasteiger partial charge in [-0.15, -0.1) is 0 Å². The Hall–Kier alpha value is -2.14. The standard InChI is InChI=1S/C22H30O5/c1-13-7-6-8-14(2)11-19(24)21-16(4)22(25)27-20(21)12-15(3)10-18(9-13)26-17(5)23/h8-9,12,18-21,24H,4,6-7,10-11H2,1-3,5H3/b13-9+,14-8+,15-12+/t18-,19+,20+,21+/m1/s1. The molecule has 0 aromatic heterocycles. The van der Waals surface area contributed by atoms with E-state index in [1.807, 2.05) is 32.9 Å². The van der Waals surface area contributed by atoms with Crippen LogP contribution in [0.25, 0.3) is 0 Å². The van der Waals surface area contributed by atoms with Crippen LogP contribution < -0.4 is 0 Å². The van der Waals surface area contributed by atoms with Gasteiger partial charge in [-0.2, -0.15) is 0 Å². The van der Waals surface area contributed by atoms with Crippen LogP contribution in [0.1, 0.15) is 53.4 Å². The first kappa shape index (κ1) is 21.2. The Bertz CT molecular complexity index is 697. The lowest BCUT2D eigenvalue weighted by atomic mass is 9.86. The van der Waals surface area contributed by atoms with Gasteiger partial charge in [-0.05, 0) is 52.2 Å². The summed E-state index contributed by atoms with van der Waals surface area (Å²) in [6.45, 7) is 11.1. The number of hydrogen-bond donors (Lipinski definition) is 1. The van der Waals surface area contributed by atoms with Crippen LogP contribution in [-0.4, -0.2) is 35.4 Å². The minimum Gasteiger partial charge on any atom is -0.458 e. The number of allylic oxidation sites excluding steroid dienone is 2. The molecule has 1 N–H and O–H groups in total. The van der Waals surface area contributed by atoms with Crippen molar-refractivity contribution in [3.05, 3.63) is 47.1 Å². The molecule has 4 atom stereocenters. The summed E-state index contributed by atoms with van der Waals surface area (Å²) in [5.74, 6) is -1.27. The van der Waals surface area contributed by atoms with Gasteiger partial charge < -0.3 is 14.6 Å². The van der Waals surface area contributed by atoms with Gasteiger partial charge in [-0.25, -0.2) is 4.79 Å². The maximum absolute atomic E-state index is 12.0. The van der Waals surface area contributed by atoms with E-state index in [0.29, 0.717) is 18.4 Å². The molecule has 0 aromatic carbocycles. The highest BCUT2D eigenvalue weighted by Crippen LogP contribution is 2.34. The number of aliphatic hydroxyl groups excluding tert-OH is 1. The monoisotopic (exact) mass is 374 g/mol. The lowest BCUT2D eigenvalue weighted by molar-refractivity contribution is -0.144. The number of esters is 2. The number of fused-ring (bicyclic) bond motifs is 1. The summed E-state index contributed by atoms with van der Waals surface area (Å²) in [6.07, 6.45) is 6.95.